The first-order valence-corrected chi connectivity index (χ1v) is 8.75. The number of benzene rings is 1. The fourth-order valence-electron chi connectivity index (χ4n) is 3.31. The van der Waals surface area contributed by atoms with Crippen LogP contribution in [-0.2, 0) is 0 Å². The highest BCUT2D eigenvalue weighted by Gasteiger charge is 2.27. The van der Waals surface area contributed by atoms with Gasteiger partial charge in [-0.05, 0) is 37.1 Å². The Hall–Kier alpha value is -3.15. The Bertz CT molecular complexity index is 865. The molecule has 0 unspecified atom stereocenters. The number of ether oxygens (including phenoxy) is 1. The van der Waals surface area contributed by atoms with Gasteiger partial charge in [0.15, 0.2) is 0 Å². The quantitative estimate of drug-likeness (QED) is 0.723. The van der Waals surface area contributed by atoms with Crippen LogP contribution in [0.1, 0.15) is 29.2 Å². The Morgan fingerprint density at radius 2 is 2.04 bits per heavy atom. The van der Waals surface area contributed by atoms with E-state index in [1.807, 2.05) is 47.8 Å². The van der Waals surface area contributed by atoms with Crippen molar-refractivity contribution in [3.8, 4) is 11.5 Å². The Morgan fingerprint density at radius 1 is 1.12 bits per heavy atom. The lowest BCUT2D eigenvalue weighted by Crippen LogP contribution is -2.40. The number of rotatable bonds is 4. The number of carbonyl (C=O) groups excluding carboxylic acids is 1. The molecule has 26 heavy (non-hydrogen) atoms. The minimum absolute atomic E-state index is 0.00527. The van der Waals surface area contributed by atoms with Gasteiger partial charge in [-0.2, -0.15) is 0 Å². The van der Waals surface area contributed by atoms with Crippen molar-refractivity contribution in [3.05, 3.63) is 73.1 Å². The van der Waals surface area contributed by atoms with E-state index in [4.69, 9.17) is 4.74 Å². The minimum atomic E-state index is -0.00527. The molecule has 3 aromatic rings. The van der Waals surface area contributed by atoms with Crippen molar-refractivity contribution in [1.82, 2.24) is 19.4 Å². The number of likely N-dealkylation sites (tertiary alicyclic amines) is 1. The van der Waals surface area contributed by atoms with Gasteiger partial charge in [-0.3, -0.25) is 9.78 Å². The van der Waals surface area contributed by atoms with Crippen LogP contribution in [0.5, 0.6) is 11.5 Å². The van der Waals surface area contributed by atoms with Gasteiger partial charge in [-0.25, -0.2) is 4.98 Å². The molecule has 6 nitrogen and oxygen atoms in total. The molecule has 1 amide bonds. The fraction of sp³-hybridized carbons (Fsp3) is 0.250. The molecule has 0 aliphatic carbocycles. The zero-order valence-electron chi connectivity index (χ0n) is 14.4. The van der Waals surface area contributed by atoms with Gasteiger partial charge >= 0.3 is 0 Å². The summed E-state index contributed by atoms with van der Waals surface area (Å²) >= 11 is 0. The highest BCUT2D eigenvalue weighted by molar-refractivity contribution is 5.97. The zero-order chi connectivity index (χ0) is 17.8. The zero-order valence-corrected chi connectivity index (χ0v) is 14.4. The normalized spacial score (nSPS) is 17.1. The predicted molar refractivity (Wildman–Crippen MR) is 97.2 cm³/mol. The van der Waals surface area contributed by atoms with Crippen molar-refractivity contribution in [3.63, 3.8) is 0 Å². The van der Waals surface area contributed by atoms with E-state index in [0.29, 0.717) is 23.6 Å². The van der Waals surface area contributed by atoms with Crippen LogP contribution in [-0.4, -0.2) is 38.4 Å². The van der Waals surface area contributed by atoms with Crippen molar-refractivity contribution in [2.24, 2.45) is 0 Å². The maximum absolute atomic E-state index is 13.1. The smallest absolute Gasteiger partial charge is 0.257 e. The van der Waals surface area contributed by atoms with Gasteiger partial charge in [0.1, 0.15) is 11.5 Å². The third-order valence-corrected chi connectivity index (χ3v) is 4.61. The molecular weight excluding hydrogens is 328 g/mol. The monoisotopic (exact) mass is 348 g/mol. The Balaban J connectivity index is 1.54. The molecule has 0 bridgehead atoms. The van der Waals surface area contributed by atoms with Crippen LogP contribution in [0, 0.1) is 0 Å². The number of imidazole rings is 1. The van der Waals surface area contributed by atoms with E-state index in [0.717, 1.165) is 19.4 Å². The molecule has 1 saturated heterocycles. The van der Waals surface area contributed by atoms with Crippen molar-refractivity contribution in [2.75, 3.05) is 13.1 Å². The largest absolute Gasteiger partial charge is 0.455 e. The molecular formula is C20H20N4O2. The molecule has 1 aromatic carbocycles. The highest BCUT2D eigenvalue weighted by atomic mass is 16.5. The lowest BCUT2D eigenvalue weighted by Gasteiger charge is -2.33. The summed E-state index contributed by atoms with van der Waals surface area (Å²) in [5.41, 5.74) is 0.572. The highest BCUT2D eigenvalue weighted by Crippen LogP contribution is 2.28. The summed E-state index contributed by atoms with van der Waals surface area (Å²) < 4.78 is 7.98. The standard InChI is InChI=1S/C20H20N4O2/c25-20(23-11-4-5-16(14-23)24-12-10-22-15-24)18-7-1-2-8-19(18)26-17-6-3-9-21-13-17/h1-3,6-10,12-13,15-16H,4-5,11,14H2/t16-/m1/s1. The molecule has 1 aliphatic heterocycles. The SMILES string of the molecule is O=C(c1ccccc1Oc1cccnc1)N1CCC[C@@H](n2ccnc2)C1. The second-order valence-electron chi connectivity index (χ2n) is 6.34. The van der Waals surface area contributed by atoms with E-state index in [1.54, 1.807) is 24.7 Å². The number of pyridine rings is 1. The molecule has 0 radical (unpaired) electrons. The Labute approximate surface area is 152 Å². The fourth-order valence-corrected chi connectivity index (χ4v) is 3.31. The summed E-state index contributed by atoms with van der Waals surface area (Å²) in [6.45, 7) is 1.43. The molecule has 3 heterocycles. The van der Waals surface area contributed by atoms with Crippen LogP contribution in [0.4, 0.5) is 0 Å². The van der Waals surface area contributed by atoms with Crippen molar-refractivity contribution in [1.29, 1.82) is 0 Å². The van der Waals surface area contributed by atoms with Gasteiger partial charge in [-0.15, -0.1) is 0 Å². The lowest BCUT2D eigenvalue weighted by atomic mass is 10.0. The van der Waals surface area contributed by atoms with E-state index >= 15 is 0 Å². The topological polar surface area (TPSA) is 60.2 Å². The summed E-state index contributed by atoms with van der Waals surface area (Å²) in [6.07, 6.45) is 10.9. The molecule has 0 N–H and O–H groups in total. The van der Waals surface area contributed by atoms with Gasteiger partial charge in [0.2, 0.25) is 0 Å². The first kappa shape index (κ1) is 16.3. The third-order valence-electron chi connectivity index (χ3n) is 4.61. The average Bonchev–Trinajstić information content (AvgIpc) is 3.24. The van der Waals surface area contributed by atoms with Crippen LogP contribution in [0.15, 0.2) is 67.5 Å². The van der Waals surface area contributed by atoms with E-state index in [2.05, 4.69) is 14.5 Å². The molecule has 132 valence electrons. The third kappa shape index (κ3) is 3.44. The van der Waals surface area contributed by atoms with Gasteiger partial charge in [0.05, 0.1) is 24.1 Å². The Kier molecular flexibility index (Phi) is 4.64. The summed E-state index contributed by atoms with van der Waals surface area (Å²) in [5.74, 6) is 1.16. The van der Waals surface area contributed by atoms with E-state index < -0.39 is 0 Å². The Morgan fingerprint density at radius 3 is 2.85 bits per heavy atom. The average molecular weight is 348 g/mol. The maximum Gasteiger partial charge on any atom is 0.257 e. The molecule has 2 aromatic heterocycles. The first-order chi connectivity index (χ1) is 12.8. The second kappa shape index (κ2) is 7.39. The maximum atomic E-state index is 13.1. The molecule has 6 heteroatoms. The lowest BCUT2D eigenvalue weighted by molar-refractivity contribution is 0.0677. The summed E-state index contributed by atoms with van der Waals surface area (Å²) in [5, 5.41) is 0. The molecule has 4 rings (SSSR count). The van der Waals surface area contributed by atoms with E-state index in [-0.39, 0.29) is 11.9 Å². The molecule has 1 aliphatic rings. The number of carbonyl (C=O) groups is 1. The summed E-state index contributed by atoms with van der Waals surface area (Å²) in [6, 6.07) is 11.3. The van der Waals surface area contributed by atoms with Crippen molar-refractivity contribution in [2.45, 2.75) is 18.9 Å². The number of aromatic nitrogens is 3. The molecule has 1 fully saturated rings. The number of nitrogens with zero attached hydrogens (tertiary/aromatic N) is 4. The molecule has 1 atom stereocenters. The van der Waals surface area contributed by atoms with Gasteiger partial charge in [0, 0.05) is 31.7 Å². The minimum Gasteiger partial charge on any atom is -0.455 e. The summed E-state index contributed by atoms with van der Waals surface area (Å²) in [7, 11) is 0. The second-order valence-corrected chi connectivity index (χ2v) is 6.34. The van der Waals surface area contributed by atoms with Crippen LogP contribution in [0.3, 0.4) is 0 Å². The summed E-state index contributed by atoms with van der Waals surface area (Å²) in [4.78, 5) is 23.2. The number of hydrogen-bond acceptors (Lipinski definition) is 4. The van der Waals surface area contributed by atoms with Crippen LogP contribution in [0.2, 0.25) is 0 Å². The molecule has 0 saturated carbocycles. The van der Waals surface area contributed by atoms with Gasteiger partial charge in [0.25, 0.3) is 5.91 Å². The van der Waals surface area contributed by atoms with E-state index in [9.17, 15) is 4.79 Å². The number of piperidine rings is 1. The number of para-hydroxylation sites is 1. The van der Waals surface area contributed by atoms with E-state index in [1.165, 1.54) is 0 Å². The number of hydrogen-bond donors (Lipinski definition) is 0. The molecule has 0 spiro atoms. The number of amides is 1. The van der Waals surface area contributed by atoms with Crippen LogP contribution in [0.25, 0.3) is 0 Å². The van der Waals surface area contributed by atoms with Crippen LogP contribution >= 0.6 is 0 Å². The van der Waals surface area contributed by atoms with Gasteiger partial charge < -0.3 is 14.2 Å². The van der Waals surface area contributed by atoms with Crippen molar-refractivity contribution < 1.29 is 9.53 Å². The predicted octanol–water partition coefficient (Wildman–Crippen LogP) is 3.55. The van der Waals surface area contributed by atoms with Crippen molar-refractivity contribution >= 4 is 5.91 Å². The first-order valence-electron chi connectivity index (χ1n) is 8.75. The van der Waals surface area contributed by atoms with Gasteiger partial charge in [-0.1, -0.05) is 12.1 Å². The van der Waals surface area contributed by atoms with Crippen LogP contribution < -0.4 is 4.74 Å².